The number of nitrogens with zero attached hydrogens (tertiary/aromatic N) is 2. The largest absolute Gasteiger partial charge is 0.483 e. The first kappa shape index (κ1) is 19.0. The number of hydrogen-bond acceptors (Lipinski definition) is 3. The Morgan fingerprint density at radius 3 is 2.11 bits per heavy atom. The first-order valence-electron chi connectivity index (χ1n) is 9.28. The Morgan fingerprint density at radius 1 is 0.852 bits per heavy atom. The molecule has 0 spiro atoms. The number of piperazine rings is 1. The molecule has 5 nitrogen and oxygen atoms in total. The van der Waals surface area contributed by atoms with Crippen molar-refractivity contribution in [1.29, 1.82) is 0 Å². The molecule has 2 aromatic carbocycles. The Morgan fingerprint density at radius 2 is 1.44 bits per heavy atom. The van der Waals surface area contributed by atoms with E-state index in [0.29, 0.717) is 31.7 Å². The SMILES string of the molecule is Cc1ccc(C(=O)N2CCN(C(=O)COc3cc(C)ccc3C)CC2)cc1. The number of amides is 2. The average molecular weight is 366 g/mol. The molecular formula is C22H26N2O3. The Bertz CT molecular complexity index is 822. The van der Waals surface area contributed by atoms with Gasteiger partial charge in [0.25, 0.3) is 11.8 Å². The van der Waals surface area contributed by atoms with E-state index in [0.717, 1.165) is 22.4 Å². The summed E-state index contributed by atoms with van der Waals surface area (Å²) in [5.41, 5.74) is 3.94. The van der Waals surface area contributed by atoms with Crippen LogP contribution >= 0.6 is 0 Å². The molecule has 2 aromatic rings. The Kier molecular flexibility index (Phi) is 5.79. The second-order valence-corrected chi connectivity index (χ2v) is 7.10. The predicted molar refractivity (Wildman–Crippen MR) is 105 cm³/mol. The normalized spacial score (nSPS) is 14.2. The van der Waals surface area contributed by atoms with Gasteiger partial charge in [-0.3, -0.25) is 9.59 Å². The molecule has 0 N–H and O–H groups in total. The molecule has 1 heterocycles. The zero-order chi connectivity index (χ0) is 19.4. The molecular weight excluding hydrogens is 340 g/mol. The van der Waals surface area contributed by atoms with Crippen molar-refractivity contribution >= 4 is 11.8 Å². The molecule has 0 saturated carbocycles. The fraction of sp³-hybridized carbons (Fsp3) is 0.364. The van der Waals surface area contributed by atoms with Gasteiger partial charge in [0.05, 0.1) is 0 Å². The summed E-state index contributed by atoms with van der Waals surface area (Å²) in [5, 5.41) is 0. The minimum absolute atomic E-state index is 0.0220. The molecule has 142 valence electrons. The molecule has 0 unspecified atom stereocenters. The lowest BCUT2D eigenvalue weighted by Gasteiger charge is -2.34. The van der Waals surface area contributed by atoms with E-state index in [1.165, 1.54) is 0 Å². The summed E-state index contributed by atoms with van der Waals surface area (Å²) in [6.07, 6.45) is 0. The summed E-state index contributed by atoms with van der Waals surface area (Å²) in [6.45, 7) is 8.14. The molecule has 3 rings (SSSR count). The van der Waals surface area contributed by atoms with Gasteiger partial charge >= 0.3 is 0 Å². The van der Waals surface area contributed by atoms with Crippen LogP contribution in [0.4, 0.5) is 0 Å². The van der Waals surface area contributed by atoms with Crippen molar-refractivity contribution in [3.8, 4) is 5.75 Å². The second kappa shape index (κ2) is 8.25. The fourth-order valence-electron chi connectivity index (χ4n) is 3.13. The van der Waals surface area contributed by atoms with Crippen LogP contribution in [0.5, 0.6) is 5.75 Å². The summed E-state index contributed by atoms with van der Waals surface area (Å²) >= 11 is 0. The number of hydrogen-bond donors (Lipinski definition) is 0. The Balaban J connectivity index is 1.51. The number of rotatable bonds is 4. The molecule has 0 radical (unpaired) electrons. The van der Waals surface area contributed by atoms with Crippen LogP contribution in [0.25, 0.3) is 0 Å². The minimum Gasteiger partial charge on any atom is -0.483 e. The van der Waals surface area contributed by atoms with Gasteiger partial charge in [0.2, 0.25) is 0 Å². The second-order valence-electron chi connectivity index (χ2n) is 7.10. The van der Waals surface area contributed by atoms with E-state index >= 15 is 0 Å². The van der Waals surface area contributed by atoms with Gasteiger partial charge in [-0.05, 0) is 50.1 Å². The first-order chi connectivity index (χ1) is 12.9. The van der Waals surface area contributed by atoms with Crippen LogP contribution in [0, 0.1) is 20.8 Å². The monoisotopic (exact) mass is 366 g/mol. The number of carbonyl (C=O) groups excluding carboxylic acids is 2. The highest BCUT2D eigenvalue weighted by Crippen LogP contribution is 2.19. The summed E-state index contributed by atoms with van der Waals surface area (Å²) in [4.78, 5) is 28.6. The van der Waals surface area contributed by atoms with Crippen molar-refractivity contribution in [2.75, 3.05) is 32.8 Å². The number of carbonyl (C=O) groups is 2. The van der Waals surface area contributed by atoms with Crippen LogP contribution in [-0.4, -0.2) is 54.4 Å². The summed E-state index contributed by atoms with van der Waals surface area (Å²) in [5.74, 6) is 0.726. The summed E-state index contributed by atoms with van der Waals surface area (Å²) in [7, 11) is 0. The quantitative estimate of drug-likeness (QED) is 0.836. The molecule has 2 amide bonds. The predicted octanol–water partition coefficient (Wildman–Crippen LogP) is 2.98. The first-order valence-corrected chi connectivity index (χ1v) is 9.28. The maximum Gasteiger partial charge on any atom is 0.260 e. The highest BCUT2D eigenvalue weighted by atomic mass is 16.5. The third-order valence-electron chi connectivity index (χ3n) is 4.91. The molecule has 0 aromatic heterocycles. The molecule has 0 bridgehead atoms. The van der Waals surface area contributed by atoms with Crippen LogP contribution in [0.3, 0.4) is 0 Å². The van der Waals surface area contributed by atoms with Crippen molar-refractivity contribution in [3.05, 3.63) is 64.7 Å². The highest BCUT2D eigenvalue weighted by molar-refractivity contribution is 5.94. The van der Waals surface area contributed by atoms with Gasteiger partial charge < -0.3 is 14.5 Å². The molecule has 27 heavy (non-hydrogen) atoms. The lowest BCUT2D eigenvalue weighted by Crippen LogP contribution is -2.51. The van der Waals surface area contributed by atoms with E-state index in [2.05, 4.69) is 0 Å². The van der Waals surface area contributed by atoms with Crippen molar-refractivity contribution in [1.82, 2.24) is 9.80 Å². The van der Waals surface area contributed by atoms with Crippen molar-refractivity contribution in [3.63, 3.8) is 0 Å². The van der Waals surface area contributed by atoms with Gasteiger partial charge in [-0.2, -0.15) is 0 Å². The van der Waals surface area contributed by atoms with Crippen LogP contribution in [0.15, 0.2) is 42.5 Å². The molecule has 1 saturated heterocycles. The van der Waals surface area contributed by atoms with E-state index in [-0.39, 0.29) is 18.4 Å². The van der Waals surface area contributed by atoms with E-state index in [1.807, 2.05) is 63.2 Å². The zero-order valence-corrected chi connectivity index (χ0v) is 16.2. The summed E-state index contributed by atoms with van der Waals surface area (Å²) < 4.78 is 5.72. The van der Waals surface area contributed by atoms with Gasteiger partial charge in [0.1, 0.15) is 5.75 Å². The fourth-order valence-corrected chi connectivity index (χ4v) is 3.13. The van der Waals surface area contributed by atoms with Gasteiger partial charge in [0, 0.05) is 31.7 Å². The van der Waals surface area contributed by atoms with Crippen molar-refractivity contribution in [2.45, 2.75) is 20.8 Å². The minimum atomic E-state index is -0.0432. The lowest BCUT2D eigenvalue weighted by molar-refractivity contribution is -0.134. The Labute approximate surface area is 160 Å². The van der Waals surface area contributed by atoms with Gasteiger partial charge in [0.15, 0.2) is 6.61 Å². The van der Waals surface area contributed by atoms with Crippen molar-refractivity contribution < 1.29 is 14.3 Å². The van der Waals surface area contributed by atoms with Crippen LogP contribution in [-0.2, 0) is 4.79 Å². The van der Waals surface area contributed by atoms with E-state index in [1.54, 1.807) is 9.80 Å². The smallest absolute Gasteiger partial charge is 0.260 e. The summed E-state index contributed by atoms with van der Waals surface area (Å²) in [6, 6.07) is 13.6. The standard InChI is InChI=1S/C22H26N2O3/c1-16-5-8-19(9-6-16)22(26)24-12-10-23(11-13-24)21(25)15-27-20-14-17(2)4-7-18(20)3/h4-9,14H,10-13,15H2,1-3H3. The molecule has 5 heteroatoms. The third kappa shape index (κ3) is 4.67. The number of ether oxygens (including phenoxy) is 1. The van der Waals surface area contributed by atoms with Crippen LogP contribution < -0.4 is 4.74 Å². The Hall–Kier alpha value is -2.82. The van der Waals surface area contributed by atoms with Gasteiger partial charge in [-0.15, -0.1) is 0 Å². The lowest BCUT2D eigenvalue weighted by atomic mass is 10.1. The van der Waals surface area contributed by atoms with Gasteiger partial charge in [-0.25, -0.2) is 0 Å². The van der Waals surface area contributed by atoms with Crippen LogP contribution in [0.2, 0.25) is 0 Å². The van der Waals surface area contributed by atoms with E-state index in [4.69, 9.17) is 4.74 Å². The zero-order valence-electron chi connectivity index (χ0n) is 16.2. The molecule has 1 aliphatic rings. The molecule has 0 atom stereocenters. The van der Waals surface area contributed by atoms with Gasteiger partial charge in [-0.1, -0.05) is 29.8 Å². The molecule has 0 aliphatic carbocycles. The highest BCUT2D eigenvalue weighted by Gasteiger charge is 2.25. The third-order valence-corrected chi connectivity index (χ3v) is 4.91. The van der Waals surface area contributed by atoms with E-state index in [9.17, 15) is 9.59 Å². The topological polar surface area (TPSA) is 49.9 Å². The van der Waals surface area contributed by atoms with Crippen molar-refractivity contribution in [2.24, 2.45) is 0 Å². The average Bonchev–Trinajstić information content (AvgIpc) is 2.68. The van der Waals surface area contributed by atoms with E-state index < -0.39 is 0 Å². The number of aryl methyl sites for hydroxylation is 3. The number of benzene rings is 2. The maximum absolute atomic E-state index is 12.6. The van der Waals surface area contributed by atoms with Crippen LogP contribution in [0.1, 0.15) is 27.0 Å². The molecule has 1 aliphatic heterocycles. The maximum atomic E-state index is 12.6. The molecule has 1 fully saturated rings.